The smallest absolute Gasteiger partial charge is 0.424 e. The maximum Gasteiger partial charge on any atom is 0.424 e. The number of carbonyl (C=O) groups is 2. The van der Waals surface area contributed by atoms with Crippen molar-refractivity contribution in [2.24, 2.45) is 0 Å². The lowest BCUT2D eigenvalue weighted by Gasteiger charge is -2.31. The van der Waals surface area contributed by atoms with Gasteiger partial charge in [0.25, 0.3) is 0 Å². The van der Waals surface area contributed by atoms with E-state index in [9.17, 15) is 9.59 Å². The normalized spacial score (nSPS) is 15.0. The number of allylic oxidation sites excluding steroid dienone is 3. The van der Waals surface area contributed by atoms with E-state index in [-0.39, 0.29) is 0 Å². The number of ether oxygens (including phenoxy) is 2. The summed E-state index contributed by atoms with van der Waals surface area (Å²) in [5, 5.41) is 0. The number of amides is 2. The molecule has 0 bridgehead atoms. The summed E-state index contributed by atoms with van der Waals surface area (Å²) in [5.74, 6) is 0. The first kappa shape index (κ1) is 19.3. The summed E-state index contributed by atoms with van der Waals surface area (Å²) in [6.45, 7) is 11.1. The predicted octanol–water partition coefficient (Wildman–Crippen LogP) is 5.17. The van der Waals surface area contributed by atoms with E-state index in [0.29, 0.717) is 18.5 Å². The zero-order valence-electron chi connectivity index (χ0n) is 15.1. The molecular weight excluding hydrogens is 294 g/mol. The van der Waals surface area contributed by atoms with Crippen molar-refractivity contribution in [3.8, 4) is 0 Å². The predicted molar refractivity (Wildman–Crippen MR) is 90.0 cm³/mol. The van der Waals surface area contributed by atoms with Gasteiger partial charge in [-0.1, -0.05) is 26.0 Å². The number of rotatable bonds is 5. The molecule has 0 aliphatic heterocycles. The van der Waals surface area contributed by atoms with Gasteiger partial charge in [0.05, 0.1) is 5.70 Å². The van der Waals surface area contributed by atoms with Crippen LogP contribution in [-0.2, 0) is 9.47 Å². The van der Waals surface area contributed by atoms with E-state index >= 15 is 0 Å². The Morgan fingerprint density at radius 3 is 1.83 bits per heavy atom. The van der Waals surface area contributed by atoms with Crippen molar-refractivity contribution >= 4 is 12.2 Å². The fourth-order valence-corrected chi connectivity index (χ4v) is 1.76. The monoisotopic (exact) mass is 323 g/mol. The van der Waals surface area contributed by atoms with Gasteiger partial charge in [0, 0.05) is 0 Å². The number of hydrogen-bond acceptors (Lipinski definition) is 4. The van der Waals surface area contributed by atoms with Crippen LogP contribution in [0.3, 0.4) is 0 Å². The Hall–Kier alpha value is -1.78. The number of imide groups is 1. The Balaban J connectivity index is 3.02. The maximum atomic E-state index is 12.6. The SMILES string of the molecule is CCC(C)(C)OC(=O)N(C(=O)OC(C)(C)CC)C1=CCCC=C1. The molecule has 0 aromatic carbocycles. The zero-order valence-corrected chi connectivity index (χ0v) is 15.1. The zero-order chi connectivity index (χ0) is 17.7. The molecule has 1 aliphatic rings. The summed E-state index contributed by atoms with van der Waals surface area (Å²) < 4.78 is 11.0. The molecule has 0 heterocycles. The average Bonchev–Trinajstić information content (AvgIpc) is 2.47. The third-order valence-corrected chi connectivity index (χ3v) is 4.03. The molecule has 0 saturated heterocycles. The van der Waals surface area contributed by atoms with Crippen LogP contribution in [0.1, 0.15) is 67.2 Å². The highest BCUT2D eigenvalue weighted by molar-refractivity contribution is 5.91. The van der Waals surface area contributed by atoms with E-state index < -0.39 is 23.4 Å². The molecule has 0 radical (unpaired) electrons. The molecule has 130 valence electrons. The van der Waals surface area contributed by atoms with Crippen molar-refractivity contribution in [1.29, 1.82) is 0 Å². The van der Waals surface area contributed by atoms with Crippen LogP contribution >= 0.6 is 0 Å². The molecule has 0 aromatic rings. The van der Waals surface area contributed by atoms with E-state index in [0.717, 1.165) is 17.7 Å². The Morgan fingerprint density at radius 2 is 1.48 bits per heavy atom. The minimum atomic E-state index is -0.702. The Labute approximate surface area is 139 Å². The molecule has 23 heavy (non-hydrogen) atoms. The Morgan fingerprint density at radius 1 is 1.00 bits per heavy atom. The van der Waals surface area contributed by atoms with Gasteiger partial charge in [-0.15, -0.1) is 0 Å². The van der Waals surface area contributed by atoms with Crippen molar-refractivity contribution in [3.05, 3.63) is 23.9 Å². The second kappa shape index (κ2) is 7.66. The van der Waals surface area contributed by atoms with Crippen molar-refractivity contribution in [3.63, 3.8) is 0 Å². The summed E-state index contributed by atoms with van der Waals surface area (Å²) in [6, 6.07) is 0. The third kappa shape index (κ3) is 5.73. The highest BCUT2D eigenvalue weighted by Crippen LogP contribution is 2.24. The average molecular weight is 323 g/mol. The van der Waals surface area contributed by atoms with Crippen LogP contribution in [0.2, 0.25) is 0 Å². The molecule has 0 atom stereocenters. The Kier molecular flexibility index (Phi) is 6.42. The lowest BCUT2D eigenvalue weighted by Crippen LogP contribution is -2.43. The number of nitrogens with zero attached hydrogens (tertiary/aromatic N) is 1. The lowest BCUT2D eigenvalue weighted by atomic mass is 10.1. The van der Waals surface area contributed by atoms with Gasteiger partial charge in [0.2, 0.25) is 0 Å². The summed E-state index contributed by atoms with van der Waals surface area (Å²) in [5.41, 5.74) is -0.783. The molecule has 0 spiro atoms. The molecular formula is C18H29NO4. The minimum Gasteiger partial charge on any atom is -0.443 e. The fourth-order valence-electron chi connectivity index (χ4n) is 1.76. The molecule has 1 aliphatic carbocycles. The molecule has 0 N–H and O–H groups in total. The van der Waals surface area contributed by atoms with E-state index in [4.69, 9.17) is 9.47 Å². The highest BCUT2D eigenvalue weighted by atomic mass is 16.6. The quantitative estimate of drug-likeness (QED) is 0.700. The molecule has 5 nitrogen and oxygen atoms in total. The Bertz CT molecular complexity index is 473. The second-order valence-corrected chi connectivity index (χ2v) is 6.91. The van der Waals surface area contributed by atoms with Gasteiger partial charge >= 0.3 is 12.2 Å². The topological polar surface area (TPSA) is 55.8 Å². The molecule has 5 heteroatoms. The van der Waals surface area contributed by atoms with Gasteiger partial charge in [0.15, 0.2) is 0 Å². The molecule has 2 amide bonds. The summed E-state index contributed by atoms with van der Waals surface area (Å²) in [4.78, 5) is 26.1. The van der Waals surface area contributed by atoms with Crippen molar-refractivity contribution in [1.82, 2.24) is 4.90 Å². The largest absolute Gasteiger partial charge is 0.443 e. The van der Waals surface area contributed by atoms with Crippen LogP contribution in [0, 0.1) is 0 Å². The maximum absolute atomic E-state index is 12.6. The van der Waals surface area contributed by atoms with Gasteiger partial charge in [-0.25, -0.2) is 9.59 Å². The van der Waals surface area contributed by atoms with Crippen LogP contribution in [0.25, 0.3) is 0 Å². The number of carbonyl (C=O) groups excluding carboxylic acids is 2. The molecule has 0 aromatic heterocycles. The van der Waals surface area contributed by atoms with Crippen molar-refractivity contribution in [2.45, 2.75) is 78.4 Å². The lowest BCUT2D eigenvalue weighted by molar-refractivity contribution is -0.00436. The van der Waals surface area contributed by atoms with Gasteiger partial charge in [-0.3, -0.25) is 0 Å². The first-order chi connectivity index (χ1) is 10.6. The van der Waals surface area contributed by atoms with E-state index in [1.54, 1.807) is 6.08 Å². The molecule has 1 rings (SSSR count). The minimum absolute atomic E-state index is 0.505. The van der Waals surface area contributed by atoms with Crippen LogP contribution in [0.4, 0.5) is 9.59 Å². The van der Waals surface area contributed by atoms with Gasteiger partial charge in [0.1, 0.15) is 11.2 Å². The highest BCUT2D eigenvalue weighted by Gasteiger charge is 2.34. The van der Waals surface area contributed by atoms with Crippen molar-refractivity contribution < 1.29 is 19.1 Å². The van der Waals surface area contributed by atoms with Crippen LogP contribution in [0.5, 0.6) is 0 Å². The first-order valence-electron chi connectivity index (χ1n) is 8.24. The van der Waals surface area contributed by atoms with Gasteiger partial charge < -0.3 is 9.47 Å². The molecule has 0 fully saturated rings. The first-order valence-corrected chi connectivity index (χ1v) is 8.24. The standard InChI is InChI=1S/C18H29NO4/c1-7-17(3,4)22-15(20)19(14-12-10-9-11-13-14)16(21)23-18(5,6)8-2/h10,12-13H,7-9,11H2,1-6H3. The van der Waals surface area contributed by atoms with Crippen molar-refractivity contribution in [2.75, 3.05) is 0 Å². The van der Waals surface area contributed by atoms with Crippen LogP contribution in [-0.4, -0.2) is 28.3 Å². The van der Waals surface area contributed by atoms with Gasteiger partial charge in [-0.2, -0.15) is 4.90 Å². The summed E-state index contributed by atoms with van der Waals surface area (Å²) in [7, 11) is 0. The van der Waals surface area contributed by atoms with E-state index in [1.807, 2.05) is 53.7 Å². The summed E-state index contributed by atoms with van der Waals surface area (Å²) >= 11 is 0. The third-order valence-electron chi connectivity index (χ3n) is 4.03. The van der Waals surface area contributed by atoms with Crippen LogP contribution in [0.15, 0.2) is 23.9 Å². The molecule has 0 saturated carbocycles. The van der Waals surface area contributed by atoms with E-state index in [1.165, 1.54) is 0 Å². The second-order valence-electron chi connectivity index (χ2n) is 6.91. The fraction of sp³-hybridized carbons (Fsp3) is 0.667. The number of hydrogen-bond donors (Lipinski definition) is 0. The summed E-state index contributed by atoms with van der Waals surface area (Å²) in [6.07, 6.45) is 7.09. The van der Waals surface area contributed by atoms with Gasteiger partial charge in [-0.05, 0) is 59.5 Å². The molecule has 0 unspecified atom stereocenters. The van der Waals surface area contributed by atoms with Crippen LogP contribution < -0.4 is 0 Å². The van der Waals surface area contributed by atoms with E-state index in [2.05, 4.69) is 0 Å².